The standard InChI is InChI=1S/C13H14O/c1-4-8-13(14-5-2)12-10-7-6-9-11(12)3/h5-10,13H,1-2H2,3H3. The van der Waals surface area contributed by atoms with Crippen LogP contribution in [0.5, 0.6) is 0 Å². The largest absolute Gasteiger partial charge is 0.489 e. The Morgan fingerprint density at radius 1 is 1.43 bits per heavy atom. The van der Waals surface area contributed by atoms with Gasteiger partial charge in [-0.2, -0.15) is 0 Å². The van der Waals surface area contributed by atoms with Gasteiger partial charge in [0.25, 0.3) is 0 Å². The molecule has 1 nitrogen and oxygen atoms in total. The van der Waals surface area contributed by atoms with Gasteiger partial charge in [0, 0.05) is 6.08 Å². The van der Waals surface area contributed by atoms with Crippen LogP contribution in [0.25, 0.3) is 0 Å². The lowest BCUT2D eigenvalue weighted by atomic mass is 10.0. The molecule has 72 valence electrons. The van der Waals surface area contributed by atoms with Crippen molar-refractivity contribution >= 4 is 0 Å². The summed E-state index contributed by atoms with van der Waals surface area (Å²) in [5, 5.41) is 0. The lowest BCUT2D eigenvalue weighted by molar-refractivity contribution is 0.190. The third-order valence-corrected chi connectivity index (χ3v) is 2.01. The summed E-state index contributed by atoms with van der Waals surface area (Å²) in [6, 6.07) is 8.06. The van der Waals surface area contributed by atoms with Crippen LogP contribution in [0.15, 0.2) is 55.5 Å². The van der Waals surface area contributed by atoms with E-state index in [1.54, 1.807) is 6.08 Å². The number of hydrogen-bond acceptors (Lipinski definition) is 1. The molecule has 14 heavy (non-hydrogen) atoms. The Hall–Kier alpha value is -1.72. The minimum Gasteiger partial charge on any atom is -0.489 e. The van der Waals surface area contributed by atoms with Gasteiger partial charge < -0.3 is 4.74 Å². The van der Waals surface area contributed by atoms with Crippen molar-refractivity contribution in [1.29, 1.82) is 0 Å². The highest BCUT2D eigenvalue weighted by molar-refractivity contribution is 5.30. The molecule has 1 aromatic carbocycles. The fourth-order valence-electron chi connectivity index (χ4n) is 1.32. The number of hydrogen-bond donors (Lipinski definition) is 0. The van der Waals surface area contributed by atoms with E-state index in [1.165, 1.54) is 11.8 Å². The monoisotopic (exact) mass is 186 g/mol. The first-order chi connectivity index (χ1) is 6.79. The van der Waals surface area contributed by atoms with Gasteiger partial charge in [-0.1, -0.05) is 37.4 Å². The fraction of sp³-hybridized carbons (Fsp3) is 0.154. The van der Waals surface area contributed by atoms with Gasteiger partial charge >= 0.3 is 0 Å². The molecule has 0 fully saturated rings. The molecule has 0 aliphatic rings. The molecular weight excluding hydrogens is 172 g/mol. The molecule has 1 heteroatoms. The third-order valence-electron chi connectivity index (χ3n) is 2.01. The van der Waals surface area contributed by atoms with Crippen LogP contribution in [0.3, 0.4) is 0 Å². The number of aryl methyl sites for hydroxylation is 1. The van der Waals surface area contributed by atoms with Crippen molar-refractivity contribution in [3.05, 3.63) is 66.6 Å². The first-order valence-corrected chi connectivity index (χ1v) is 4.47. The second-order valence-electron chi connectivity index (χ2n) is 2.95. The third kappa shape index (κ3) is 2.38. The highest BCUT2D eigenvalue weighted by Crippen LogP contribution is 2.21. The van der Waals surface area contributed by atoms with Crippen molar-refractivity contribution in [3.8, 4) is 0 Å². The molecule has 1 unspecified atom stereocenters. The zero-order valence-corrected chi connectivity index (χ0v) is 8.36. The molecular formula is C13H14O. The first-order valence-electron chi connectivity index (χ1n) is 4.47. The van der Waals surface area contributed by atoms with Crippen LogP contribution in [0.2, 0.25) is 0 Å². The van der Waals surface area contributed by atoms with Crippen LogP contribution in [-0.2, 0) is 4.74 Å². The molecule has 0 aliphatic carbocycles. The molecule has 0 amide bonds. The Labute approximate surface area is 85.0 Å². The van der Waals surface area contributed by atoms with E-state index >= 15 is 0 Å². The van der Waals surface area contributed by atoms with Gasteiger partial charge in [0.05, 0.1) is 6.26 Å². The minimum atomic E-state index is -0.133. The van der Waals surface area contributed by atoms with E-state index in [0.717, 1.165) is 5.56 Å². The molecule has 0 heterocycles. The Kier molecular flexibility index (Phi) is 3.78. The number of benzene rings is 1. The van der Waals surface area contributed by atoms with Gasteiger partial charge in [-0.15, -0.1) is 5.73 Å². The van der Waals surface area contributed by atoms with Crippen LogP contribution in [0, 0.1) is 6.92 Å². The lowest BCUT2D eigenvalue weighted by Gasteiger charge is -2.14. The molecule has 0 aromatic heterocycles. The summed E-state index contributed by atoms with van der Waals surface area (Å²) in [6.07, 6.45) is 3.08. The predicted octanol–water partition coefficient (Wildman–Crippen LogP) is 3.54. The van der Waals surface area contributed by atoms with Gasteiger partial charge in [0.15, 0.2) is 0 Å². The summed E-state index contributed by atoms with van der Waals surface area (Å²) < 4.78 is 5.36. The van der Waals surface area contributed by atoms with Crippen LogP contribution in [-0.4, -0.2) is 0 Å². The number of ether oxygens (including phenoxy) is 1. The molecule has 0 N–H and O–H groups in total. The van der Waals surface area contributed by atoms with Crippen molar-refractivity contribution in [3.63, 3.8) is 0 Å². The Morgan fingerprint density at radius 3 is 2.71 bits per heavy atom. The van der Waals surface area contributed by atoms with Gasteiger partial charge in [-0.25, -0.2) is 0 Å². The van der Waals surface area contributed by atoms with E-state index in [4.69, 9.17) is 4.74 Å². The molecule has 0 radical (unpaired) electrons. The van der Waals surface area contributed by atoms with Crippen LogP contribution in [0.4, 0.5) is 0 Å². The molecule has 1 aromatic rings. The van der Waals surface area contributed by atoms with E-state index in [9.17, 15) is 0 Å². The molecule has 0 aliphatic heterocycles. The smallest absolute Gasteiger partial charge is 0.149 e. The minimum absolute atomic E-state index is 0.133. The average molecular weight is 186 g/mol. The van der Waals surface area contributed by atoms with E-state index in [2.05, 4.69) is 18.9 Å². The van der Waals surface area contributed by atoms with E-state index < -0.39 is 0 Å². The van der Waals surface area contributed by atoms with Crippen molar-refractivity contribution in [2.24, 2.45) is 0 Å². The normalized spacial score (nSPS) is 11.2. The Morgan fingerprint density at radius 2 is 2.14 bits per heavy atom. The van der Waals surface area contributed by atoms with E-state index in [0.29, 0.717) is 0 Å². The van der Waals surface area contributed by atoms with Gasteiger partial charge in [0.2, 0.25) is 0 Å². The van der Waals surface area contributed by atoms with Crippen LogP contribution >= 0.6 is 0 Å². The average Bonchev–Trinajstić information content (AvgIpc) is 2.18. The van der Waals surface area contributed by atoms with Crippen molar-refractivity contribution in [2.75, 3.05) is 0 Å². The molecule has 1 rings (SSSR count). The van der Waals surface area contributed by atoms with E-state index in [1.807, 2.05) is 31.2 Å². The summed E-state index contributed by atoms with van der Waals surface area (Å²) in [7, 11) is 0. The maximum Gasteiger partial charge on any atom is 0.149 e. The van der Waals surface area contributed by atoms with Crippen molar-refractivity contribution in [2.45, 2.75) is 13.0 Å². The van der Waals surface area contributed by atoms with E-state index in [-0.39, 0.29) is 6.10 Å². The van der Waals surface area contributed by atoms with Crippen molar-refractivity contribution < 1.29 is 4.74 Å². The zero-order chi connectivity index (χ0) is 10.4. The highest BCUT2D eigenvalue weighted by Gasteiger charge is 2.08. The number of rotatable bonds is 4. The molecule has 0 saturated heterocycles. The molecule has 0 saturated carbocycles. The van der Waals surface area contributed by atoms with Crippen LogP contribution < -0.4 is 0 Å². The Balaban J connectivity index is 3.03. The summed E-state index contributed by atoms with van der Waals surface area (Å²) in [5.41, 5.74) is 5.03. The summed E-state index contributed by atoms with van der Waals surface area (Å²) in [5.74, 6) is 0. The van der Waals surface area contributed by atoms with Gasteiger partial charge in [-0.3, -0.25) is 0 Å². The quantitative estimate of drug-likeness (QED) is 0.516. The van der Waals surface area contributed by atoms with Gasteiger partial charge in [0.1, 0.15) is 6.10 Å². The topological polar surface area (TPSA) is 9.23 Å². The second kappa shape index (κ2) is 5.11. The predicted molar refractivity (Wildman–Crippen MR) is 58.9 cm³/mol. The maximum atomic E-state index is 5.36. The van der Waals surface area contributed by atoms with Gasteiger partial charge in [-0.05, 0) is 18.1 Å². The second-order valence-corrected chi connectivity index (χ2v) is 2.95. The summed E-state index contributed by atoms with van der Waals surface area (Å²) >= 11 is 0. The zero-order valence-electron chi connectivity index (χ0n) is 8.36. The molecule has 0 bridgehead atoms. The van der Waals surface area contributed by atoms with Crippen molar-refractivity contribution in [1.82, 2.24) is 0 Å². The highest BCUT2D eigenvalue weighted by atomic mass is 16.5. The summed E-state index contributed by atoms with van der Waals surface area (Å²) in [6.45, 7) is 9.14. The lowest BCUT2D eigenvalue weighted by Crippen LogP contribution is -1.98. The molecule has 1 atom stereocenters. The SMILES string of the molecule is C=C=CC(OC=C)c1ccccc1C. The fourth-order valence-corrected chi connectivity index (χ4v) is 1.32. The first kappa shape index (κ1) is 10.4. The molecule has 0 spiro atoms. The maximum absolute atomic E-state index is 5.36. The summed E-state index contributed by atoms with van der Waals surface area (Å²) in [4.78, 5) is 0. The van der Waals surface area contributed by atoms with Crippen LogP contribution in [0.1, 0.15) is 17.2 Å². The Bertz CT molecular complexity index is 359.